The van der Waals surface area contributed by atoms with Crippen LogP contribution in [-0.4, -0.2) is 28.5 Å². The number of ether oxygens (including phenoxy) is 1. The second-order valence-corrected chi connectivity index (χ2v) is 5.21. The van der Waals surface area contributed by atoms with Crippen molar-refractivity contribution in [1.82, 2.24) is 15.3 Å². The molecule has 114 valence electrons. The molecule has 0 radical (unpaired) electrons. The molecule has 6 nitrogen and oxygen atoms in total. The zero-order chi connectivity index (χ0) is 15.2. The van der Waals surface area contributed by atoms with Gasteiger partial charge in [-0.3, -0.25) is 9.78 Å². The van der Waals surface area contributed by atoms with Gasteiger partial charge in [-0.2, -0.15) is 4.98 Å². The summed E-state index contributed by atoms with van der Waals surface area (Å²) in [5.41, 5.74) is 1.06. The van der Waals surface area contributed by atoms with Crippen LogP contribution >= 0.6 is 0 Å². The predicted molar refractivity (Wildman–Crippen MR) is 82.5 cm³/mol. The van der Waals surface area contributed by atoms with Crippen molar-refractivity contribution in [2.45, 2.75) is 25.5 Å². The summed E-state index contributed by atoms with van der Waals surface area (Å²) in [6.45, 7) is 0.620. The van der Waals surface area contributed by atoms with Gasteiger partial charge in [0.25, 0.3) is 0 Å². The van der Waals surface area contributed by atoms with Gasteiger partial charge in [-0.05, 0) is 18.4 Å². The lowest BCUT2D eigenvalue weighted by Gasteiger charge is -2.08. The van der Waals surface area contributed by atoms with Crippen LogP contribution in [0.3, 0.4) is 0 Å². The van der Waals surface area contributed by atoms with Gasteiger partial charge in [-0.1, -0.05) is 30.3 Å². The normalized spacial score (nSPS) is 13.5. The molecule has 1 amide bonds. The Morgan fingerprint density at radius 2 is 2.05 bits per heavy atom. The van der Waals surface area contributed by atoms with Crippen molar-refractivity contribution in [3.8, 4) is 5.88 Å². The number of carbonyl (C=O) groups excluding carboxylic acids is 1. The summed E-state index contributed by atoms with van der Waals surface area (Å²) in [6, 6.07) is 10.2. The molecule has 22 heavy (non-hydrogen) atoms. The van der Waals surface area contributed by atoms with E-state index in [1.807, 2.05) is 30.3 Å². The van der Waals surface area contributed by atoms with E-state index in [0.717, 1.165) is 18.4 Å². The number of hydrogen-bond acceptors (Lipinski definition) is 5. The molecular weight excluding hydrogens is 280 g/mol. The number of aromatic nitrogens is 2. The van der Waals surface area contributed by atoms with Gasteiger partial charge < -0.3 is 15.4 Å². The molecule has 1 aliphatic carbocycles. The molecule has 1 aliphatic rings. The van der Waals surface area contributed by atoms with Crippen LogP contribution in [0.15, 0.2) is 42.7 Å². The molecule has 2 aromatic rings. The van der Waals surface area contributed by atoms with Gasteiger partial charge in [0.05, 0.1) is 18.9 Å². The number of carbonyl (C=O) groups is 1. The first kappa shape index (κ1) is 14.3. The van der Waals surface area contributed by atoms with Crippen molar-refractivity contribution in [3.05, 3.63) is 48.3 Å². The van der Waals surface area contributed by atoms with Crippen LogP contribution in [0.5, 0.6) is 5.88 Å². The lowest BCUT2D eigenvalue weighted by atomic mass is 10.2. The van der Waals surface area contributed by atoms with Gasteiger partial charge in [-0.15, -0.1) is 0 Å². The molecule has 0 unspecified atom stereocenters. The van der Waals surface area contributed by atoms with E-state index in [9.17, 15) is 4.79 Å². The lowest BCUT2D eigenvalue weighted by Crippen LogP contribution is -2.31. The van der Waals surface area contributed by atoms with Gasteiger partial charge in [-0.25, -0.2) is 0 Å². The Hall–Kier alpha value is -2.63. The highest BCUT2D eigenvalue weighted by Gasteiger charge is 2.22. The van der Waals surface area contributed by atoms with Gasteiger partial charge in [0.15, 0.2) is 0 Å². The Kier molecular flexibility index (Phi) is 4.48. The van der Waals surface area contributed by atoms with Crippen molar-refractivity contribution in [2.24, 2.45) is 0 Å². The number of hydrogen-bond donors (Lipinski definition) is 2. The largest absolute Gasteiger partial charge is 0.472 e. The van der Waals surface area contributed by atoms with Crippen LogP contribution in [0.4, 0.5) is 5.82 Å². The fourth-order valence-electron chi connectivity index (χ4n) is 1.91. The highest BCUT2D eigenvalue weighted by molar-refractivity contribution is 5.80. The van der Waals surface area contributed by atoms with Crippen LogP contribution in [0.25, 0.3) is 0 Å². The molecular formula is C16H18N4O2. The smallest absolute Gasteiger partial charge is 0.239 e. The lowest BCUT2D eigenvalue weighted by molar-refractivity contribution is -0.119. The summed E-state index contributed by atoms with van der Waals surface area (Å²) in [5, 5.41) is 5.85. The zero-order valence-corrected chi connectivity index (χ0v) is 12.2. The van der Waals surface area contributed by atoms with Crippen molar-refractivity contribution in [1.29, 1.82) is 0 Å². The van der Waals surface area contributed by atoms with Crippen LogP contribution in [0.1, 0.15) is 18.4 Å². The molecule has 0 spiro atoms. The first-order valence-corrected chi connectivity index (χ1v) is 7.31. The van der Waals surface area contributed by atoms with Gasteiger partial charge >= 0.3 is 0 Å². The van der Waals surface area contributed by atoms with E-state index in [2.05, 4.69) is 20.6 Å². The minimum Gasteiger partial charge on any atom is -0.472 e. The van der Waals surface area contributed by atoms with E-state index in [0.29, 0.717) is 24.3 Å². The first-order chi connectivity index (χ1) is 10.8. The molecule has 1 aromatic heterocycles. The van der Waals surface area contributed by atoms with Crippen LogP contribution in [-0.2, 0) is 11.4 Å². The van der Waals surface area contributed by atoms with E-state index in [-0.39, 0.29) is 12.5 Å². The number of anilines is 1. The second-order valence-electron chi connectivity index (χ2n) is 5.21. The number of nitrogens with one attached hydrogen (secondary N) is 2. The summed E-state index contributed by atoms with van der Waals surface area (Å²) in [4.78, 5) is 20.0. The van der Waals surface area contributed by atoms with Crippen LogP contribution < -0.4 is 15.4 Å². The molecule has 1 heterocycles. The van der Waals surface area contributed by atoms with Gasteiger partial charge in [0.1, 0.15) is 12.4 Å². The second kappa shape index (κ2) is 6.89. The molecule has 0 saturated heterocycles. The number of rotatable bonds is 7. The maximum absolute atomic E-state index is 11.6. The third kappa shape index (κ3) is 4.44. The van der Waals surface area contributed by atoms with Crippen LogP contribution in [0, 0.1) is 0 Å². The molecule has 1 aromatic carbocycles. The monoisotopic (exact) mass is 298 g/mol. The summed E-state index contributed by atoms with van der Waals surface area (Å²) < 4.78 is 5.60. The Bertz CT molecular complexity index is 629. The van der Waals surface area contributed by atoms with Crippen molar-refractivity contribution in [3.63, 3.8) is 0 Å². The zero-order valence-electron chi connectivity index (χ0n) is 12.2. The average Bonchev–Trinajstić information content (AvgIpc) is 3.36. The van der Waals surface area contributed by atoms with Crippen molar-refractivity contribution < 1.29 is 9.53 Å². The average molecular weight is 298 g/mol. The Balaban J connectivity index is 1.49. The molecule has 6 heteroatoms. The molecule has 0 aliphatic heterocycles. The number of benzene rings is 1. The van der Waals surface area contributed by atoms with Gasteiger partial charge in [0.2, 0.25) is 11.8 Å². The quantitative estimate of drug-likeness (QED) is 0.814. The third-order valence-electron chi connectivity index (χ3n) is 3.21. The molecule has 1 saturated carbocycles. The maximum Gasteiger partial charge on any atom is 0.239 e. The summed E-state index contributed by atoms with van der Waals surface area (Å²) >= 11 is 0. The predicted octanol–water partition coefficient (Wildman–Crippen LogP) is 1.75. The van der Waals surface area contributed by atoms with Crippen LogP contribution in [0.2, 0.25) is 0 Å². The Morgan fingerprint density at radius 1 is 1.23 bits per heavy atom. The van der Waals surface area contributed by atoms with E-state index in [4.69, 9.17) is 4.74 Å². The van der Waals surface area contributed by atoms with E-state index in [1.165, 1.54) is 0 Å². The van der Waals surface area contributed by atoms with Crippen molar-refractivity contribution >= 4 is 11.7 Å². The van der Waals surface area contributed by atoms with E-state index >= 15 is 0 Å². The first-order valence-electron chi connectivity index (χ1n) is 7.31. The minimum atomic E-state index is -0.0279. The molecule has 1 fully saturated rings. The number of nitrogens with zero attached hydrogens (tertiary/aromatic N) is 2. The van der Waals surface area contributed by atoms with Crippen molar-refractivity contribution in [2.75, 3.05) is 11.9 Å². The molecule has 2 N–H and O–H groups in total. The summed E-state index contributed by atoms with van der Waals surface area (Å²) in [6.07, 6.45) is 5.28. The highest BCUT2D eigenvalue weighted by atomic mass is 16.5. The fourth-order valence-corrected chi connectivity index (χ4v) is 1.91. The summed E-state index contributed by atoms with van der Waals surface area (Å²) in [7, 11) is 0. The topological polar surface area (TPSA) is 76.1 Å². The molecule has 0 bridgehead atoms. The standard InChI is InChI=1S/C16H18N4O2/c21-15(19-13-6-7-13)9-18-14-8-17-10-16(20-14)22-11-12-4-2-1-3-5-12/h1-5,8,10,13H,6-7,9,11H2,(H,18,20)(H,19,21). The SMILES string of the molecule is O=C(CNc1cncc(OCc2ccccc2)n1)NC1CC1. The summed E-state index contributed by atoms with van der Waals surface area (Å²) in [5.74, 6) is 0.924. The van der Waals surface area contributed by atoms with E-state index < -0.39 is 0 Å². The highest BCUT2D eigenvalue weighted by Crippen LogP contribution is 2.18. The molecule has 3 rings (SSSR count). The fraction of sp³-hybridized carbons (Fsp3) is 0.312. The molecule has 0 atom stereocenters. The Morgan fingerprint density at radius 3 is 2.82 bits per heavy atom. The Labute approximate surface area is 128 Å². The maximum atomic E-state index is 11.6. The minimum absolute atomic E-state index is 0.0279. The third-order valence-corrected chi connectivity index (χ3v) is 3.21. The van der Waals surface area contributed by atoms with Gasteiger partial charge in [0, 0.05) is 6.04 Å². The van der Waals surface area contributed by atoms with E-state index in [1.54, 1.807) is 12.4 Å². The number of amides is 1.